The van der Waals surface area contributed by atoms with Crippen molar-refractivity contribution in [2.75, 3.05) is 7.11 Å². The molecule has 0 saturated carbocycles. The minimum Gasteiger partial charge on any atom is -0.469 e. The minimum absolute atomic E-state index is 0.00299. The monoisotopic (exact) mass is 394 g/mol. The van der Waals surface area contributed by atoms with Crippen LogP contribution < -0.4 is 5.32 Å². The van der Waals surface area contributed by atoms with Gasteiger partial charge in [-0.15, -0.1) is 11.3 Å². The van der Waals surface area contributed by atoms with Crippen LogP contribution in [0.1, 0.15) is 22.9 Å². The van der Waals surface area contributed by atoms with E-state index in [4.69, 9.17) is 11.6 Å². The molecule has 9 heteroatoms. The highest BCUT2D eigenvalue weighted by molar-refractivity contribution is 7.10. The first-order valence-electron chi connectivity index (χ1n) is 7.43. The summed E-state index contributed by atoms with van der Waals surface area (Å²) in [6, 6.07) is 7.34. The molecule has 26 heavy (non-hydrogen) atoms. The molecule has 1 aromatic carbocycles. The molecule has 0 fully saturated rings. The smallest absolute Gasteiger partial charge is 0.307 e. The zero-order valence-electron chi connectivity index (χ0n) is 13.7. The minimum atomic E-state index is -0.594. The van der Waals surface area contributed by atoms with E-state index < -0.39 is 22.8 Å². The lowest BCUT2D eigenvalue weighted by molar-refractivity contribution is -0.384. The van der Waals surface area contributed by atoms with Gasteiger partial charge in [0.15, 0.2) is 0 Å². The topological polar surface area (TPSA) is 98.5 Å². The van der Waals surface area contributed by atoms with Crippen molar-refractivity contribution in [2.24, 2.45) is 0 Å². The molecule has 1 heterocycles. The average molecular weight is 395 g/mol. The van der Waals surface area contributed by atoms with Gasteiger partial charge in [0, 0.05) is 17.0 Å². The third-order valence-electron chi connectivity index (χ3n) is 3.40. The van der Waals surface area contributed by atoms with Crippen LogP contribution >= 0.6 is 22.9 Å². The van der Waals surface area contributed by atoms with Crippen molar-refractivity contribution in [3.05, 3.63) is 67.4 Å². The molecule has 2 rings (SSSR count). The van der Waals surface area contributed by atoms with Crippen LogP contribution in [0, 0.1) is 10.1 Å². The Labute approximate surface area is 158 Å². The lowest BCUT2D eigenvalue weighted by atomic mass is 10.1. The van der Waals surface area contributed by atoms with Crippen LogP contribution in [0.5, 0.6) is 0 Å². The SMILES string of the molecule is COC(=O)CC(NC(=O)/C=C/c1ccc(Cl)c([N+](=O)[O-])c1)c1cccs1. The number of esters is 1. The summed E-state index contributed by atoms with van der Waals surface area (Å²) in [7, 11) is 1.28. The maximum absolute atomic E-state index is 12.2. The number of rotatable bonds is 7. The molecule has 1 aromatic heterocycles. The van der Waals surface area contributed by atoms with E-state index in [0.29, 0.717) is 5.56 Å². The van der Waals surface area contributed by atoms with Gasteiger partial charge in [-0.2, -0.15) is 0 Å². The van der Waals surface area contributed by atoms with E-state index in [9.17, 15) is 19.7 Å². The number of carbonyl (C=O) groups is 2. The molecule has 7 nitrogen and oxygen atoms in total. The second-order valence-corrected chi connectivity index (χ2v) is 6.54. The summed E-state index contributed by atoms with van der Waals surface area (Å²) < 4.78 is 4.66. The summed E-state index contributed by atoms with van der Waals surface area (Å²) in [5.74, 6) is -0.883. The molecule has 0 aliphatic heterocycles. The number of nitro groups is 1. The quantitative estimate of drug-likeness (QED) is 0.334. The Balaban J connectivity index is 2.10. The van der Waals surface area contributed by atoms with Gasteiger partial charge >= 0.3 is 5.97 Å². The zero-order valence-corrected chi connectivity index (χ0v) is 15.3. The first-order valence-corrected chi connectivity index (χ1v) is 8.69. The van der Waals surface area contributed by atoms with Gasteiger partial charge in [-0.25, -0.2) is 0 Å². The molecule has 0 saturated heterocycles. The van der Waals surface area contributed by atoms with Crippen LogP contribution in [0.4, 0.5) is 5.69 Å². The van der Waals surface area contributed by atoms with Gasteiger partial charge in [0.1, 0.15) is 5.02 Å². The van der Waals surface area contributed by atoms with Gasteiger partial charge in [-0.05, 0) is 29.2 Å². The highest BCUT2D eigenvalue weighted by Crippen LogP contribution is 2.26. The molecule has 0 aliphatic rings. The van der Waals surface area contributed by atoms with Crippen LogP contribution in [-0.2, 0) is 14.3 Å². The number of nitro benzene ring substituents is 1. The third-order valence-corrected chi connectivity index (χ3v) is 4.70. The molecule has 0 aliphatic carbocycles. The number of hydrogen-bond donors (Lipinski definition) is 1. The lowest BCUT2D eigenvalue weighted by Crippen LogP contribution is -2.28. The molecule has 1 atom stereocenters. The summed E-state index contributed by atoms with van der Waals surface area (Å²) in [6.07, 6.45) is 2.68. The van der Waals surface area contributed by atoms with Crippen molar-refractivity contribution in [1.29, 1.82) is 0 Å². The van der Waals surface area contributed by atoms with Crippen LogP contribution in [0.3, 0.4) is 0 Å². The molecular formula is C17H15ClN2O5S. The van der Waals surface area contributed by atoms with E-state index in [1.165, 1.54) is 42.7 Å². The Hall–Kier alpha value is -2.71. The zero-order chi connectivity index (χ0) is 19.1. The van der Waals surface area contributed by atoms with Gasteiger partial charge in [-0.3, -0.25) is 19.7 Å². The number of carbonyl (C=O) groups excluding carboxylic acids is 2. The number of ether oxygens (including phenoxy) is 1. The molecule has 1 amide bonds. The molecule has 0 radical (unpaired) electrons. The predicted molar refractivity (Wildman–Crippen MR) is 99.0 cm³/mol. The highest BCUT2D eigenvalue weighted by atomic mass is 35.5. The molecule has 136 valence electrons. The van der Waals surface area contributed by atoms with Crippen molar-refractivity contribution in [2.45, 2.75) is 12.5 Å². The average Bonchev–Trinajstić information content (AvgIpc) is 3.14. The first kappa shape index (κ1) is 19.6. The Kier molecular flexibility index (Phi) is 6.88. The summed E-state index contributed by atoms with van der Waals surface area (Å²) in [4.78, 5) is 34.8. The largest absolute Gasteiger partial charge is 0.469 e. The van der Waals surface area contributed by atoms with Gasteiger partial charge in [0.05, 0.1) is 24.5 Å². The van der Waals surface area contributed by atoms with Crippen LogP contribution in [-0.4, -0.2) is 23.9 Å². The molecule has 2 aromatic rings. The number of methoxy groups -OCH3 is 1. The van der Waals surface area contributed by atoms with Crippen LogP contribution in [0.2, 0.25) is 5.02 Å². The fourth-order valence-electron chi connectivity index (χ4n) is 2.13. The number of amides is 1. The molecule has 0 spiro atoms. The highest BCUT2D eigenvalue weighted by Gasteiger charge is 2.19. The number of benzene rings is 1. The second kappa shape index (κ2) is 9.12. The van der Waals surface area contributed by atoms with E-state index >= 15 is 0 Å². The van der Waals surface area contributed by atoms with Crippen molar-refractivity contribution in [1.82, 2.24) is 5.32 Å². The first-order chi connectivity index (χ1) is 12.4. The normalized spacial score (nSPS) is 11.9. The van der Waals surface area contributed by atoms with E-state index in [1.807, 2.05) is 17.5 Å². The van der Waals surface area contributed by atoms with Crippen molar-refractivity contribution in [3.8, 4) is 0 Å². The number of halogens is 1. The Morgan fingerprint density at radius 1 is 1.42 bits per heavy atom. The van der Waals surface area contributed by atoms with Crippen molar-refractivity contribution < 1.29 is 19.2 Å². The summed E-state index contributed by atoms with van der Waals surface area (Å²) >= 11 is 7.16. The van der Waals surface area contributed by atoms with Gasteiger partial charge in [0.25, 0.3) is 5.69 Å². The number of nitrogens with one attached hydrogen (secondary N) is 1. The summed E-state index contributed by atoms with van der Waals surface area (Å²) in [6.45, 7) is 0. The molecular weight excluding hydrogens is 380 g/mol. The van der Waals surface area contributed by atoms with Crippen LogP contribution in [0.25, 0.3) is 6.08 Å². The van der Waals surface area contributed by atoms with Gasteiger partial charge < -0.3 is 10.1 Å². The van der Waals surface area contributed by atoms with Gasteiger partial charge in [-0.1, -0.05) is 23.7 Å². The number of thiophene rings is 1. The lowest BCUT2D eigenvalue weighted by Gasteiger charge is -2.15. The van der Waals surface area contributed by atoms with Gasteiger partial charge in [0.2, 0.25) is 5.91 Å². The predicted octanol–water partition coefficient (Wildman–Crippen LogP) is 3.74. The fraction of sp³-hybridized carbons (Fsp3) is 0.176. The summed E-state index contributed by atoms with van der Waals surface area (Å²) in [5, 5.41) is 15.5. The molecule has 0 bridgehead atoms. The van der Waals surface area contributed by atoms with Crippen molar-refractivity contribution >= 4 is 46.6 Å². The Morgan fingerprint density at radius 2 is 2.19 bits per heavy atom. The fourth-order valence-corrected chi connectivity index (χ4v) is 3.09. The van der Waals surface area contributed by atoms with E-state index in [1.54, 1.807) is 6.07 Å². The number of nitrogens with zero attached hydrogens (tertiary/aromatic N) is 1. The van der Waals surface area contributed by atoms with E-state index in [2.05, 4.69) is 10.1 Å². The van der Waals surface area contributed by atoms with Crippen molar-refractivity contribution in [3.63, 3.8) is 0 Å². The Morgan fingerprint density at radius 3 is 2.81 bits per heavy atom. The van der Waals surface area contributed by atoms with E-state index in [-0.39, 0.29) is 17.1 Å². The molecule has 1 unspecified atom stereocenters. The third kappa shape index (κ3) is 5.40. The summed E-state index contributed by atoms with van der Waals surface area (Å²) in [5.41, 5.74) is 0.216. The maximum atomic E-state index is 12.2. The second-order valence-electron chi connectivity index (χ2n) is 5.16. The number of hydrogen-bond acceptors (Lipinski definition) is 6. The van der Waals surface area contributed by atoms with Crippen LogP contribution in [0.15, 0.2) is 41.8 Å². The Bertz CT molecular complexity index is 836. The maximum Gasteiger partial charge on any atom is 0.307 e. The molecule has 1 N–H and O–H groups in total. The van der Waals surface area contributed by atoms with E-state index in [0.717, 1.165) is 4.88 Å². The standard InChI is InChI=1S/C17H15ClN2O5S/c1-25-17(22)10-13(15-3-2-8-26-15)19-16(21)7-5-11-4-6-12(18)14(9-11)20(23)24/h2-9,13H,10H2,1H3,(H,19,21)/b7-5+.